The number of nitrogens with one attached hydrogen (secondary N) is 1. The minimum Gasteiger partial charge on any atom is -0.369 e. The summed E-state index contributed by atoms with van der Waals surface area (Å²) in [4.78, 5) is 36.5. The molecular weight excluding hydrogens is 464 g/mol. The molecule has 0 bridgehead atoms. The zero-order chi connectivity index (χ0) is 24.5. The van der Waals surface area contributed by atoms with Crippen LogP contribution in [0.4, 0.5) is 17.5 Å². The Balaban J connectivity index is 1.20. The van der Waals surface area contributed by atoms with E-state index in [-0.39, 0.29) is 24.1 Å². The van der Waals surface area contributed by atoms with E-state index in [4.69, 9.17) is 11.6 Å². The summed E-state index contributed by atoms with van der Waals surface area (Å²) in [5.74, 6) is 0.690. The van der Waals surface area contributed by atoms with Gasteiger partial charge in [0, 0.05) is 50.0 Å². The van der Waals surface area contributed by atoms with Crippen molar-refractivity contribution in [2.75, 3.05) is 54.9 Å². The third-order valence-corrected chi connectivity index (χ3v) is 7.04. The summed E-state index contributed by atoms with van der Waals surface area (Å²) in [5.41, 5.74) is 3.29. The molecule has 5 rings (SSSR count). The molecule has 0 aliphatic carbocycles. The maximum atomic E-state index is 12.8. The highest BCUT2D eigenvalue weighted by Gasteiger charge is 2.30. The lowest BCUT2D eigenvalue weighted by Crippen LogP contribution is -2.48. The van der Waals surface area contributed by atoms with E-state index in [0.717, 1.165) is 42.5 Å². The highest BCUT2D eigenvalue weighted by atomic mass is 35.5. The summed E-state index contributed by atoms with van der Waals surface area (Å²) in [7, 11) is 1.93. The Morgan fingerprint density at radius 3 is 2.43 bits per heavy atom. The molecule has 9 heteroatoms. The van der Waals surface area contributed by atoms with Crippen LogP contribution in [-0.2, 0) is 11.3 Å². The zero-order valence-electron chi connectivity index (χ0n) is 19.9. The summed E-state index contributed by atoms with van der Waals surface area (Å²) in [6.45, 7) is 6.06. The number of halogens is 1. The zero-order valence-corrected chi connectivity index (χ0v) is 20.7. The van der Waals surface area contributed by atoms with Gasteiger partial charge in [-0.2, -0.15) is 4.98 Å². The first kappa shape index (κ1) is 23.4. The molecule has 0 radical (unpaired) electrons. The lowest BCUT2D eigenvalue weighted by Gasteiger charge is -2.35. The van der Waals surface area contributed by atoms with E-state index in [1.54, 1.807) is 4.57 Å². The number of hydrogen-bond donors (Lipinski definition) is 1. The van der Waals surface area contributed by atoms with E-state index in [2.05, 4.69) is 51.3 Å². The minimum atomic E-state index is -0.169. The average molecular weight is 493 g/mol. The van der Waals surface area contributed by atoms with Crippen LogP contribution in [0.25, 0.3) is 0 Å². The number of benzene rings is 2. The van der Waals surface area contributed by atoms with Crippen LogP contribution in [0.2, 0.25) is 5.02 Å². The SMILES string of the molecule is Cc1ccc(C2Cn3c(nc(NC(=O)CN4CCN(c5ccc(Cl)cc5)CC4)cc3=O)N2C)cc1. The number of carbonyl (C=O) groups excluding carboxylic acids is 1. The van der Waals surface area contributed by atoms with Gasteiger partial charge in [-0.25, -0.2) is 0 Å². The molecule has 3 heterocycles. The second-order valence-electron chi connectivity index (χ2n) is 9.22. The van der Waals surface area contributed by atoms with Gasteiger partial charge < -0.3 is 15.1 Å². The number of anilines is 3. The molecule has 0 spiro atoms. The van der Waals surface area contributed by atoms with Gasteiger partial charge in [0.05, 0.1) is 19.1 Å². The number of aromatic nitrogens is 2. The van der Waals surface area contributed by atoms with E-state index >= 15 is 0 Å². The van der Waals surface area contributed by atoms with Crippen molar-refractivity contribution in [1.82, 2.24) is 14.5 Å². The minimum absolute atomic E-state index is 0.0266. The number of rotatable bonds is 5. The maximum Gasteiger partial charge on any atom is 0.257 e. The normalized spacial score (nSPS) is 18.0. The Hall–Kier alpha value is -3.36. The summed E-state index contributed by atoms with van der Waals surface area (Å²) in [6, 6.07) is 17.6. The molecule has 1 atom stereocenters. The smallest absolute Gasteiger partial charge is 0.257 e. The predicted molar refractivity (Wildman–Crippen MR) is 140 cm³/mol. The van der Waals surface area contributed by atoms with Crippen molar-refractivity contribution in [3.63, 3.8) is 0 Å². The number of carbonyl (C=O) groups is 1. The Labute approximate surface area is 209 Å². The van der Waals surface area contributed by atoms with Gasteiger partial charge in [0.1, 0.15) is 5.82 Å². The fourth-order valence-corrected chi connectivity index (χ4v) is 4.88. The van der Waals surface area contributed by atoms with Gasteiger partial charge >= 0.3 is 0 Å². The number of amides is 1. The standard InChI is InChI=1S/C26H29ClN6O2/c1-18-3-5-19(6-4-18)22-16-33-25(35)15-23(29-26(33)30(22)2)28-24(34)17-31-11-13-32(14-12-31)21-9-7-20(27)8-10-21/h3-10,15,22H,11-14,16-17H2,1-2H3,(H,28,34). The van der Waals surface area contributed by atoms with Crippen LogP contribution in [0.1, 0.15) is 17.2 Å². The van der Waals surface area contributed by atoms with Crippen LogP contribution in [0, 0.1) is 6.92 Å². The maximum absolute atomic E-state index is 12.8. The summed E-state index contributed by atoms with van der Waals surface area (Å²) < 4.78 is 1.66. The first-order chi connectivity index (χ1) is 16.9. The molecule has 2 aliphatic rings. The van der Waals surface area contributed by atoms with Crippen molar-refractivity contribution < 1.29 is 4.79 Å². The van der Waals surface area contributed by atoms with Gasteiger partial charge in [0.15, 0.2) is 0 Å². The topological polar surface area (TPSA) is 73.7 Å². The number of aryl methyl sites for hydroxylation is 1. The molecule has 0 saturated carbocycles. The van der Waals surface area contributed by atoms with Gasteiger partial charge in [-0.1, -0.05) is 41.4 Å². The van der Waals surface area contributed by atoms with Gasteiger partial charge in [-0.15, -0.1) is 0 Å². The number of nitrogens with zero attached hydrogens (tertiary/aromatic N) is 5. The third-order valence-electron chi connectivity index (χ3n) is 6.79. The van der Waals surface area contributed by atoms with E-state index in [9.17, 15) is 9.59 Å². The highest BCUT2D eigenvalue weighted by Crippen LogP contribution is 2.32. The summed E-state index contributed by atoms with van der Waals surface area (Å²) >= 11 is 5.99. The van der Waals surface area contributed by atoms with Gasteiger partial charge in [-0.05, 0) is 36.8 Å². The van der Waals surface area contributed by atoms with Gasteiger partial charge in [0.2, 0.25) is 11.9 Å². The van der Waals surface area contributed by atoms with Crippen molar-refractivity contribution >= 4 is 35.0 Å². The summed E-state index contributed by atoms with van der Waals surface area (Å²) in [6.07, 6.45) is 0. The fourth-order valence-electron chi connectivity index (χ4n) is 4.75. The molecule has 8 nitrogen and oxygen atoms in total. The molecule has 2 aromatic carbocycles. The van der Waals surface area contributed by atoms with E-state index in [0.29, 0.717) is 18.3 Å². The van der Waals surface area contributed by atoms with Crippen molar-refractivity contribution in [2.24, 2.45) is 0 Å². The van der Waals surface area contributed by atoms with Crippen molar-refractivity contribution in [2.45, 2.75) is 19.5 Å². The Kier molecular flexibility index (Phi) is 6.49. The molecule has 1 N–H and O–H groups in total. The van der Waals surface area contributed by atoms with Crippen LogP contribution >= 0.6 is 11.6 Å². The van der Waals surface area contributed by atoms with Crippen LogP contribution in [0.5, 0.6) is 0 Å². The first-order valence-electron chi connectivity index (χ1n) is 11.8. The van der Waals surface area contributed by atoms with E-state index in [1.807, 2.05) is 36.2 Å². The van der Waals surface area contributed by atoms with Crippen LogP contribution in [0.3, 0.4) is 0 Å². The lowest BCUT2D eigenvalue weighted by molar-refractivity contribution is -0.117. The summed E-state index contributed by atoms with van der Waals surface area (Å²) in [5, 5.41) is 3.55. The van der Waals surface area contributed by atoms with Crippen molar-refractivity contribution in [3.05, 3.63) is 81.1 Å². The first-order valence-corrected chi connectivity index (χ1v) is 12.2. The molecule has 182 valence electrons. The third kappa shape index (κ3) is 5.04. The fraction of sp³-hybridized carbons (Fsp3) is 0.346. The second kappa shape index (κ2) is 9.71. The van der Waals surface area contributed by atoms with Crippen molar-refractivity contribution in [1.29, 1.82) is 0 Å². The molecule has 3 aromatic rings. The number of piperazine rings is 1. The van der Waals surface area contributed by atoms with Crippen LogP contribution in [-0.4, -0.2) is 60.1 Å². The molecule has 35 heavy (non-hydrogen) atoms. The van der Waals surface area contributed by atoms with E-state index < -0.39 is 0 Å². The Morgan fingerprint density at radius 1 is 1.06 bits per heavy atom. The van der Waals surface area contributed by atoms with Crippen LogP contribution < -0.4 is 20.7 Å². The monoisotopic (exact) mass is 492 g/mol. The molecule has 1 amide bonds. The molecular formula is C26H29ClN6O2. The number of fused-ring (bicyclic) bond motifs is 1. The Bertz CT molecular complexity index is 1270. The molecule has 1 unspecified atom stereocenters. The Morgan fingerprint density at radius 2 is 1.74 bits per heavy atom. The average Bonchev–Trinajstić information content (AvgIpc) is 3.17. The van der Waals surface area contributed by atoms with E-state index in [1.165, 1.54) is 11.6 Å². The number of likely N-dealkylation sites (N-methyl/N-ethyl adjacent to an activating group) is 1. The van der Waals surface area contributed by atoms with Gasteiger partial charge in [0.25, 0.3) is 5.56 Å². The predicted octanol–water partition coefficient (Wildman–Crippen LogP) is 3.16. The number of hydrogen-bond acceptors (Lipinski definition) is 6. The molecule has 2 aliphatic heterocycles. The van der Waals surface area contributed by atoms with Crippen LogP contribution in [0.15, 0.2) is 59.4 Å². The highest BCUT2D eigenvalue weighted by molar-refractivity contribution is 6.30. The molecule has 1 fully saturated rings. The lowest BCUT2D eigenvalue weighted by atomic mass is 10.1. The largest absolute Gasteiger partial charge is 0.369 e. The quantitative estimate of drug-likeness (QED) is 0.590. The van der Waals surface area contributed by atoms with Crippen molar-refractivity contribution in [3.8, 4) is 0 Å². The molecule has 1 saturated heterocycles. The van der Waals surface area contributed by atoms with Gasteiger partial charge in [-0.3, -0.25) is 19.1 Å². The molecule has 1 aromatic heterocycles. The second-order valence-corrected chi connectivity index (χ2v) is 9.65.